The van der Waals surface area contributed by atoms with Crippen LogP contribution in [0.3, 0.4) is 0 Å². The minimum Gasteiger partial charge on any atom is -0.494 e. The van der Waals surface area contributed by atoms with Gasteiger partial charge in [0.05, 0.1) is 73.9 Å². The van der Waals surface area contributed by atoms with Crippen molar-refractivity contribution >= 4 is 23.2 Å². The number of methoxy groups -OCH3 is 2. The van der Waals surface area contributed by atoms with Gasteiger partial charge in [-0.1, -0.05) is 22.6 Å². The van der Waals surface area contributed by atoms with E-state index in [-0.39, 0.29) is 41.5 Å². The number of ether oxygens (including phenoxy) is 2. The van der Waals surface area contributed by atoms with Gasteiger partial charge in [0.1, 0.15) is 11.3 Å². The van der Waals surface area contributed by atoms with Crippen LogP contribution < -0.4 is 20.5 Å². The van der Waals surface area contributed by atoms with Crippen molar-refractivity contribution in [2.24, 2.45) is 5.73 Å². The fourth-order valence-corrected chi connectivity index (χ4v) is 8.76. The molecule has 0 bridgehead atoms. The molecule has 0 unspecified atom stereocenters. The number of benzene rings is 2. The number of fused-ring (bicyclic) bond motifs is 2. The topological polar surface area (TPSA) is 243 Å². The molecule has 2 aliphatic carbocycles. The Morgan fingerprint density at radius 1 is 0.636 bits per heavy atom. The Morgan fingerprint density at radius 2 is 1.10 bits per heavy atom. The molecular weight excluding hydrogens is 991 g/mol. The highest BCUT2D eigenvalue weighted by Crippen LogP contribution is 2.41. The van der Waals surface area contributed by atoms with Gasteiger partial charge in [-0.25, -0.2) is 42.3 Å². The molecule has 21 nitrogen and oxygen atoms in total. The van der Waals surface area contributed by atoms with Crippen LogP contribution in [0.4, 0.5) is 8.78 Å². The van der Waals surface area contributed by atoms with E-state index < -0.39 is 23.5 Å². The van der Waals surface area contributed by atoms with E-state index in [1.807, 2.05) is 73.4 Å². The van der Waals surface area contributed by atoms with Crippen molar-refractivity contribution < 1.29 is 33.0 Å². The molecule has 0 atom stereocenters. The van der Waals surface area contributed by atoms with Crippen molar-refractivity contribution in [1.29, 1.82) is 0 Å². The number of carboxylic acids is 1. The fourth-order valence-electron chi connectivity index (χ4n) is 8.76. The molecule has 12 rings (SSSR count). The first-order valence-electron chi connectivity index (χ1n) is 24.9. The first kappa shape index (κ1) is 51.4. The van der Waals surface area contributed by atoms with Crippen LogP contribution in [0.2, 0.25) is 0 Å². The molecule has 0 aliphatic heterocycles. The van der Waals surface area contributed by atoms with Crippen molar-refractivity contribution in [2.75, 3.05) is 14.2 Å². The second-order valence-electron chi connectivity index (χ2n) is 19.1. The van der Waals surface area contributed by atoms with Crippen LogP contribution in [0, 0.1) is 39.3 Å². The van der Waals surface area contributed by atoms with Gasteiger partial charge in [0.15, 0.2) is 34.5 Å². The summed E-state index contributed by atoms with van der Waals surface area (Å²) >= 11 is 0. The first-order valence-corrected chi connectivity index (χ1v) is 24.9. The number of hydrogen-bond acceptors (Lipinski definition) is 13. The monoisotopic (exact) mass is 1050 g/mol. The Kier molecular flexibility index (Phi) is 14.4. The van der Waals surface area contributed by atoms with Gasteiger partial charge in [-0.15, -0.1) is 10.2 Å². The SMILES string of the molecule is COc1ccc(-n2cc(C)c(C)n2)c(CN)c1F.COc1ccc(-n2cc(C)c(C)n2)c(CNC(=O)c2cn(Cc3cn4cc(C5CC5)ccc4n3)nn2)c1F.O=C(O)c1cn(Cc2cn3cc(C4CC4)ccc3n2)nn1. The van der Waals surface area contributed by atoms with E-state index in [0.29, 0.717) is 41.9 Å². The van der Waals surface area contributed by atoms with Gasteiger partial charge in [0.2, 0.25) is 0 Å². The van der Waals surface area contributed by atoms with Crippen LogP contribution in [0.1, 0.15) is 115 Å². The van der Waals surface area contributed by atoms with E-state index >= 15 is 4.39 Å². The zero-order chi connectivity index (χ0) is 54.1. The largest absolute Gasteiger partial charge is 0.494 e. The van der Waals surface area contributed by atoms with Gasteiger partial charge in [-0.05, 0) is 124 Å². The maximum absolute atomic E-state index is 15.2. The van der Waals surface area contributed by atoms with Crippen molar-refractivity contribution in [2.45, 2.75) is 91.4 Å². The van der Waals surface area contributed by atoms with E-state index in [1.165, 1.54) is 61.9 Å². The average Bonchev–Trinajstić information content (AvgIpc) is 4.10. The lowest BCUT2D eigenvalue weighted by Crippen LogP contribution is -2.25. The number of nitrogens with one attached hydrogen (secondary N) is 1. The number of carbonyl (C=O) groups excluding carboxylic acids is 1. The lowest BCUT2D eigenvalue weighted by Gasteiger charge is -2.14. The normalized spacial score (nSPS) is 13.1. The molecule has 2 fully saturated rings. The summed E-state index contributed by atoms with van der Waals surface area (Å²) in [7, 11) is 2.83. The first-order chi connectivity index (χ1) is 37.2. The summed E-state index contributed by atoms with van der Waals surface area (Å²) < 4.78 is 49.7. The molecule has 2 aliphatic rings. The number of aromatic carboxylic acids is 1. The highest BCUT2D eigenvalue weighted by Gasteiger charge is 2.25. The predicted octanol–water partition coefficient (Wildman–Crippen LogP) is 7.38. The lowest BCUT2D eigenvalue weighted by atomic mass is 10.1. The van der Waals surface area contributed by atoms with Crippen molar-refractivity contribution in [3.63, 3.8) is 0 Å². The van der Waals surface area contributed by atoms with Crippen molar-refractivity contribution in [3.05, 3.63) is 177 Å². The zero-order valence-corrected chi connectivity index (χ0v) is 43.2. The van der Waals surface area contributed by atoms with E-state index in [9.17, 15) is 14.0 Å². The molecule has 1 amide bonds. The molecule has 396 valence electrons. The molecule has 23 heteroatoms. The summed E-state index contributed by atoms with van der Waals surface area (Å²) in [6.45, 7) is 8.46. The number of imidazole rings is 2. The Hall–Kier alpha value is -9.12. The Labute approximate surface area is 439 Å². The minimum atomic E-state index is -1.08. The minimum absolute atomic E-state index is 0.0604. The second kappa shape index (κ2) is 21.6. The van der Waals surface area contributed by atoms with Crippen molar-refractivity contribution in [3.8, 4) is 22.9 Å². The quantitative estimate of drug-likeness (QED) is 0.0908. The Balaban J connectivity index is 0.000000145. The van der Waals surface area contributed by atoms with Crippen molar-refractivity contribution in [1.82, 2.24) is 73.6 Å². The number of pyridine rings is 2. The van der Waals surface area contributed by atoms with Crippen LogP contribution in [-0.2, 0) is 26.2 Å². The van der Waals surface area contributed by atoms with Gasteiger partial charge in [0.25, 0.3) is 5.91 Å². The molecule has 0 saturated heterocycles. The summed E-state index contributed by atoms with van der Waals surface area (Å²) in [5.74, 6) is -0.892. The van der Waals surface area contributed by atoms with E-state index in [0.717, 1.165) is 45.2 Å². The maximum Gasteiger partial charge on any atom is 0.358 e. The number of aryl methyl sites for hydroxylation is 4. The molecule has 2 saturated carbocycles. The number of amides is 1. The zero-order valence-electron chi connectivity index (χ0n) is 43.2. The highest BCUT2D eigenvalue weighted by atomic mass is 19.1. The molecule has 77 heavy (non-hydrogen) atoms. The molecule has 8 aromatic heterocycles. The molecular formula is C54H56F2N16O5. The number of nitrogens with two attached hydrogens (primary N) is 1. The molecule has 0 spiro atoms. The molecule has 0 radical (unpaired) electrons. The highest BCUT2D eigenvalue weighted by molar-refractivity contribution is 5.91. The number of aromatic nitrogens is 14. The molecule has 4 N–H and O–H groups in total. The number of carboxylic acid groups (broad SMARTS) is 1. The summed E-state index contributed by atoms with van der Waals surface area (Å²) in [6, 6.07) is 14.9. The third-order valence-electron chi connectivity index (χ3n) is 13.5. The lowest BCUT2D eigenvalue weighted by molar-refractivity contribution is 0.0690. The summed E-state index contributed by atoms with van der Waals surface area (Å²) in [6.07, 6.45) is 19.8. The number of nitrogens with zero attached hydrogens (tertiary/aromatic N) is 14. The summed E-state index contributed by atoms with van der Waals surface area (Å²) in [5.41, 5.74) is 17.3. The van der Waals surface area contributed by atoms with Gasteiger partial charge < -0.3 is 34.4 Å². The maximum atomic E-state index is 15.2. The van der Waals surface area contributed by atoms with Gasteiger partial charge in [-0.3, -0.25) is 4.79 Å². The average molecular weight is 1050 g/mol. The molecule has 8 heterocycles. The Bertz CT molecular complexity index is 3760. The predicted molar refractivity (Wildman–Crippen MR) is 278 cm³/mol. The molecule has 10 aromatic rings. The van der Waals surface area contributed by atoms with Gasteiger partial charge in [-0.2, -0.15) is 10.2 Å². The third kappa shape index (κ3) is 11.3. The molecule has 2 aromatic carbocycles. The number of hydrogen-bond donors (Lipinski definition) is 3. The number of halogens is 2. The summed E-state index contributed by atoms with van der Waals surface area (Å²) in [4.78, 5) is 32.8. The van der Waals surface area contributed by atoms with Gasteiger partial charge in [0, 0.05) is 61.4 Å². The van der Waals surface area contributed by atoms with Crippen LogP contribution in [0.5, 0.6) is 11.5 Å². The van der Waals surface area contributed by atoms with Crippen LogP contribution in [0.25, 0.3) is 22.7 Å². The summed E-state index contributed by atoms with van der Waals surface area (Å²) in [5, 5.41) is 35.9. The van der Waals surface area contributed by atoms with Gasteiger partial charge >= 0.3 is 5.97 Å². The van der Waals surface area contributed by atoms with Crippen LogP contribution >= 0.6 is 0 Å². The van der Waals surface area contributed by atoms with E-state index in [1.54, 1.807) is 44.5 Å². The Morgan fingerprint density at radius 3 is 1.53 bits per heavy atom. The number of carbonyl (C=O) groups is 2. The van der Waals surface area contributed by atoms with E-state index in [2.05, 4.69) is 70.6 Å². The van der Waals surface area contributed by atoms with Crippen LogP contribution in [0.15, 0.2) is 98.1 Å². The standard InChI is InChI=1S/C27H27FN8O2.C14H13N5O2.C13H16FN3O/c1-16-11-36(32-17(16)2)23-7-8-24(38-3)26(28)21(23)10-29-27(37)22-15-35(33-31-22)14-20-13-34-12-19(18-4-5-18)6-9-25(34)30-20;20-14(21)12-8-19(17-16-12)7-11-6-18-5-10(9-1-2-9)3-4-13(18)15-11;1-8-7-17(16-9(8)2)11-4-5-12(18-3)13(14)10(11)6-15/h6-9,11-13,15,18H,4-5,10,14H2,1-3H3,(H,29,37);3-6,8-9H,1-2,7H2,(H,20,21);4-5,7H,6,15H2,1-3H3. The van der Waals surface area contributed by atoms with E-state index in [4.69, 9.17) is 20.3 Å². The fraction of sp³-hybridized carbons (Fsp3) is 0.296. The second-order valence-corrected chi connectivity index (χ2v) is 19.1. The smallest absolute Gasteiger partial charge is 0.358 e. The third-order valence-corrected chi connectivity index (χ3v) is 13.5. The van der Waals surface area contributed by atoms with Crippen LogP contribution in [-0.4, -0.2) is 99.5 Å². The number of rotatable bonds is 15.